The Balaban J connectivity index is 2.16. The van der Waals surface area contributed by atoms with Crippen molar-refractivity contribution in [2.45, 2.75) is 13.2 Å². The highest BCUT2D eigenvalue weighted by Crippen LogP contribution is 2.34. The number of nitrogens with zero attached hydrogens (tertiary/aromatic N) is 1. The van der Waals surface area contributed by atoms with E-state index in [4.69, 9.17) is 24.9 Å². The molecule has 3 aromatic rings. The summed E-state index contributed by atoms with van der Waals surface area (Å²) in [5.41, 5.74) is 9.28. The summed E-state index contributed by atoms with van der Waals surface area (Å²) in [4.78, 5) is 4.73. The van der Waals surface area contributed by atoms with Crippen LogP contribution in [0.5, 0.6) is 5.75 Å². The Bertz CT molecular complexity index is 879. The number of hydrogen-bond acceptors (Lipinski definition) is 6. The maximum atomic E-state index is 5.93. The molecule has 0 unspecified atom stereocenters. The van der Waals surface area contributed by atoms with E-state index in [0.29, 0.717) is 18.8 Å². The molecule has 132 valence electrons. The molecule has 3 rings (SSSR count). The fraction of sp³-hybridized carbons (Fsp3) is 0.316. The van der Waals surface area contributed by atoms with Crippen LogP contribution in [-0.2, 0) is 9.47 Å². The van der Waals surface area contributed by atoms with Crippen molar-refractivity contribution < 1.29 is 14.2 Å². The van der Waals surface area contributed by atoms with E-state index in [0.717, 1.165) is 33.2 Å². The predicted molar refractivity (Wildman–Crippen MR) is 101 cm³/mol. The van der Waals surface area contributed by atoms with Crippen molar-refractivity contribution >= 4 is 33.2 Å². The molecule has 0 radical (unpaired) electrons. The number of rotatable bonds is 7. The van der Waals surface area contributed by atoms with Crippen LogP contribution in [0.2, 0.25) is 0 Å². The molecule has 0 aliphatic heterocycles. The third-order valence-electron chi connectivity index (χ3n) is 4.05. The second-order valence-electron chi connectivity index (χ2n) is 5.66. The molecule has 0 saturated carbocycles. The van der Waals surface area contributed by atoms with E-state index in [1.807, 2.05) is 43.3 Å². The SMILES string of the molecule is CCOc1ccc2nc3cc(N)ccc3c(NCC(OC)OC)c2c1. The molecule has 0 amide bonds. The largest absolute Gasteiger partial charge is 0.494 e. The van der Waals surface area contributed by atoms with Gasteiger partial charge in [-0.25, -0.2) is 4.98 Å². The van der Waals surface area contributed by atoms with Gasteiger partial charge >= 0.3 is 0 Å². The Morgan fingerprint density at radius 1 is 1.04 bits per heavy atom. The molecular weight excluding hydrogens is 318 g/mol. The molecule has 6 heteroatoms. The van der Waals surface area contributed by atoms with Gasteiger partial charge in [0.15, 0.2) is 6.29 Å². The van der Waals surface area contributed by atoms with Crippen molar-refractivity contribution in [1.82, 2.24) is 4.98 Å². The van der Waals surface area contributed by atoms with Crippen molar-refractivity contribution in [1.29, 1.82) is 0 Å². The van der Waals surface area contributed by atoms with Gasteiger partial charge in [-0.1, -0.05) is 0 Å². The van der Waals surface area contributed by atoms with E-state index >= 15 is 0 Å². The van der Waals surface area contributed by atoms with Gasteiger partial charge in [0.2, 0.25) is 0 Å². The zero-order chi connectivity index (χ0) is 17.8. The Labute approximate surface area is 146 Å². The Hall–Kier alpha value is -2.57. The van der Waals surface area contributed by atoms with Crippen molar-refractivity contribution in [3.05, 3.63) is 36.4 Å². The first kappa shape index (κ1) is 17.3. The number of hydrogen-bond donors (Lipinski definition) is 2. The number of aromatic nitrogens is 1. The topological polar surface area (TPSA) is 78.6 Å². The fourth-order valence-electron chi connectivity index (χ4n) is 2.84. The summed E-state index contributed by atoms with van der Waals surface area (Å²) in [7, 11) is 3.24. The molecule has 0 fully saturated rings. The number of pyridine rings is 1. The average molecular weight is 341 g/mol. The molecule has 0 saturated heterocycles. The number of anilines is 2. The standard InChI is InChI=1S/C19H23N3O3/c1-4-25-13-6-8-16-15(10-13)19(21-11-18(23-2)24-3)14-7-5-12(20)9-17(14)22-16/h5-10,18H,4,11,20H2,1-3H3,(H,21,22). The lowest BCUT2D eigenvalue weighted by Crippen LogP contribution is -2.23. The first-order chi connectivity index (χ1) is 12.2. The average Bonchev–Trinajstić information content (AvgIpc) is 2.62. The molecule has 0 aliphatic rings. The lowest BCUT2D eigenvalue weighted by molar-refractivity contribution is -0.0913. The van der Waals surface area contributed by atoms with Crippen LogP contribution in [0.1, 0.15) is 6.92 Å². The zero-order valence-corrected chi connectivity index (χ0v) is 14.7. The van der Waals surface area contributed by atoms with Crippen LogP contribution in [-0.4, -0.2) is 38.6 Å². The van der Waals surface area contributed by atoms with E-state index < -0.39 is 0 Å². The van der Waals surface area contributed by atoms with Crippen molar-refractivity contribution in [2.75, 3.05) is 38.4 Å². The van der Waals surface area contributed by atoms with Crippen LogP contribution in [0.3, 0.4) is 0 Å². The third kappa shape index (κ3) is 3.60. The summed E-state index contributed by atoms with van der Waals surface area (Å²) in [5, 5.41) is 5.40. The highest BCUT2D eigenvalue weighted by Gasteiger charge is 2.13. The molecule has 0 aliphatic carbocycles. The van der Waals surface area contributed by atoms with Crippen molar-refractivity contribution in [2.24, 2.45) is 0 Å². The van der Waals surface area contributed by atoms with Crippen LogP contribution in [0.25, 0.3) is 21.8 Å². The number of nitrogen functional groups attached to an aromatic ring is 1. The quantitative estimate of drug-likeness (QED) is 0.389. The smallest absolute Gasteiger partial charge is 0.173 e. The van der Waals surface area contributed by atoms with Gasteiger partial charge in [-0.2, -0.15) is 0 Å². The fourth-order valence-corrected chi connectivity index (χ4v) is 2.84. The predicted octanol–water partition coefficient (Wildman–Crippen LogP) is 3.40. The van der Waals surface area contributed by atoms with Gasteiger partial charge in [0.1, 0.15) is 5.75 Å². The summed E-state index contributed by atoms with van der Waals surface area (Å²) < 4.78 is 16.2. The molecule has 25 heavy (non-hydrogen) atoms. The lowest BCUT2D eigenvalue weighted by atomic mass is 10.1. The Morgan fingerprint density at radius 2 is 1.84 bits per heavy atom. The highest BCUT2D eigenvalue weighted by molar-refractivity contribution is 6.08. The number of methoxy groups -OCH3 is 2. The minimum Gasteiger partial charge on any atom is -0.494 e. The van der Waals surface area contributed by atoms with Gasteiger partial charge in [0.25, 0.3) is 0 Å². The molecular formula is C19H23N3O3. The molecule has 0 spiro atoms. The van der Waals surface area contributed by atoms with E-state index in [1.54, 1.807) is 14.2 Å². The van der Waals surface area contributed by atoms with E-state index in [1.165, 1.54) is 0 Å². The molecule has 0 bridgehead atoms. The monoisotopic (exact) mass is 341 g/mol. The van der Waals surface area contributed by atoms with Gasteiger partial charge in [-0.3, -0.25) is 0 Å². The highest BCUT2D eigenvalue weighted by atomic mass is 16.7. The summed E-state index contributed by atoms with van der Waals surface area (Å²) >= 11 is 0. The minimum atomic E-state index is -0.345. The first-order valence-electron chi connectivity index (χ1n) is 8.21. The van der Waals surface area contributed by atoms with Gasteiger partial charge in [-0.05, 0) is 43.3 Å². The number of nitrogens with two attached hydrogens (primary N) is 1. The van der Waals surface area contributed by atoms with Crippen LogP contribution < -0.4 is 15.8 Å². The maximum Gasteiger partial charge on any atom is 0.173 e. The summed E-state index contributed by atoms with van der Waals surface area (Å²) in [5.74, 6) is 0.810. The maximum absolute atomic E-state index is 5.93. The number of ether oxygens (including phenoxy) is 3. The second kappa shape index (κ2) is 7.55. The minimum absolute atomic E-state index is 0.345. The summed E-state index contributed by atoms with van der Waals surface area (Å²) in [6.07, 6.45) is -0.345. The molecule has 0 atom stereocenters. The molecule has 2 aromatic carbocycles. The van der Waals surface area contributed by atoms with Crippen LogP contribution >= 0.6 is 0 Å². The molecule has 3 N–H and O–H groups in total. The van der Waals surface area contributed by atoms with Gasteiger partial charge in [0, 0.05) is 30.7 Å². The molecule has 1 heterocycles. The van der Waals surface area contributed by atoms with E-state index in [-0.39, 0.29) is 6.29 Å². The lowest BCUT2D eigenvalue weighted by Gasteiger charge is -2.18. The number of fused-ring (bicyclic) bond motifs is 2. The van der Waals surface area contributed by atoms with Crippen LogP contribution in [0.15, 0.2) is 36.4 Å². The van der Waals surface area contributed by atoms with Gasteiger partial charge < -0.3 is 25.3 Å². The number of benzene rings is 2. The van der Waals surface area contributed by atoms with Gasteiger partial charge in [-0.15, -0.1) is 0 Å². The normalized spacial score (nSPS) is 11.4. The van der Waals surface area contributed by atoms with Crippen molar-refractivity contribution in [3.8, 4) is 5.75 Å². The van der Waals surface area contributed by atoms with Crippen LogP contribution in [0.4, 0.5) is 11.4 Å². The van der Waals surface area contributed by atoms with E-state index in [9.17, 15) is 0 Å². The number of nitrogens with one attached hydrogen (secondary N) is 1. The Morgan fingerprint density at radius 3 is 2.56 bits per heavy atom. The second-order valence-corrected chi connectivity index (χ2v) is 5.66. The molecule has 1 aromatic heterocycles. The molecule has 6 nitrogen and oxygen atoms in total. The van der Waals surface area contributed by atoms with Crippen molar-refractivity contribution in [3.63, 3.8) is 0 Å². The zero-order valence-electron chi connectivity index (χ0n) is 14.7. The van der Waals surface area contributed by atoms with Gasteiger partial charge in [0.05, 0.1) is 29.9 Å². The Kier molecular flexibility index (Phi) is 5.21. The summed E-state index contributed by atoms with van der Waals surface area (Å²) in [6.45, 7) is 3.08. The third-order valence-corrected chi connectivity index (χ3v) is 4.05. The van der Waals surface area contributed by atoms with Crippen LogP contribution in [0, 0.1) is 0 Å². The van der Waals surface area contributed by atoms with E-state index in [2.05, 4.69) is 5.32 Å². The summed E-state index contributed by atoms with van der Waals surface area (Å²) in [6, 6.07) is 11.6. The first-order valence-corrected chi connectivity index (χ1v) is 8.21.